The molecule has 0 radical (unpaired) electrons. The predicted octanol–water partition coefficient (Wildman–Crippen LogP) is 3.28. The van der Waals surface area contributed by atoms with Crippen LogP contribution in [0.25, 0.3) is 6.08 Å². The quantitative estimate of drug-likeness (QED) is 0.845. The van der Waals surface area contributed by atoms with Crippen molar-refractivity contribution in [1.29, 1.82) is 0 Å². The molecule has 5 heteroatoms. The van der Waals surface area contributed by atoms with Gasteiger partial charge in [-0.3, -0.25) is 9.99 Å². The van der Waals surface area contributed by atoms with Crippen LogP contribution in [0.5, 0.6) is 0 Å². The molecule has 0 unspecified atom stereocenters. The molecule has 3 heterocycles. The van der Waals surface area contributed by atoms with E-state index in [4.69, 9.17) is 0 Å². The van der Waals surface area contributed by atoms with Gasteiger partial charge in [0.2, 0.25) is 5.88 Å². The maximum absolute atomic E-state index is 10.6. The molecule has 0 atom stereocenters. The Morgan fingerprint density at radius 1 is 1.05 bits per heavy atom. The average molecular weight is 292 g/mol. The Bertz CT molecular complexity index is 808. The van der Waals surface area contributed by atoms with Crippen LogP contribution in [0.2, 0.25) is 0 Å². The first-order valence-electron chi connectivity index (χ1n) is 7.15. The highest BCUT2D eigenvalue weighted by Crippen LogP contribution is 2.38. The Morgan fingerprint density at radius 2 is 1.86 bits per heavy atom. The van der Waals surface area contributed by atoms with E-state index < -0.39 is 0 Å². The lowest BCUT2D eigenvalue weighted by molar-refractivity contribution is 0.388. The van der Waals surface area contributed by atoms with Crippen molar-refractivity contribution in [3.8, 4) is 0 Å². The summed E-state index contributed by atoms with van der Waals surface area (Å²) in [6.07, 6.45) is 3.82. The lowest BCUT2D eigenvalue weighted by Gasteiger charge is -2.28. The Kier molecular flexibility index (Phi) is 2.71. The van der Waals surface area contributed by atoms with Gasteiger partial charge in [-0.1, -0.05) is 18.2 Å². The summed E-state index contributed by atoms with van der Waals surface area (Å²) in [4.78, 5) is 4.29. The summed E-state index contributed by atoms with van der Waals surface area (Å²) in [6, 6.07) is 11.9. The van der Waals surface area contributed by atoms with Crippen molar-refractivity contribution in [1.82, 2.24) is 10.5 Å². The normalized spacial score (nSPS) is 16.5. The van der Waals surface area contributed by atoms with E-state index in [0.717, 1.165) is 33.9 Å². The van der Waals surface area contributed by atoms with Crippen LogP contribution in [0, 0.1) is 6.92 Å². The lowest BCUT2D eigenvalue weighted by atomic mass is 10.0. The molecule has 0 saturated carbocycles. The molecule has 0 aliphatic carbocycles. The van der Waals surface area contributed by atoms with Crippen LogP contribution in [-0.2, 0) is 0 Å². The Morgan fingerprint density at radius 3 is 2.64 bits per heavy atom. The Balaban J connectivity index is 1.81. The molecule has 2 aliphatic heterocycles. The highest BCUT2D eigenvalue weighted by atomic mass is 16.3. The molecule has 0 amide bonds. The number of nitrogens with zero attached hydrogens (tertiary/aromatic N) is 3. The van der Waals surface area contributed by atoms with Gasteiger partial charge in [0.25, 0.3) is 0 Å². The van der Waals surface area contributed by atoms with Crippen LogP contribution in [0.3, 0.4) is 0 Å². The number of rotatable bonds is 1. The summed E-state index contributed by atoms with van der Waals surface area (Å²) < 4.78 is 0. The standard InChI is InChI=1S/C17H16N4O/c1-11-9-13-5-3-4-6-15(13)21-16(11)17(22)20(19-21)14-8-7-12(2)18-10-14/h3-10,19,22H,1-2H3. The Hall–Kier alpha value is -2.79. The second kappa shape index (κ2) is 4.61. The molecule has 0 saturated heterocycles. The third-order valence-corrected chi connectivity index (χ3v) is 3.92. The number of hydrogen-bond acceptors (Lipinski definition) is 5. The molecule has 110 valence electrons. The maximum atomic E-state index is 10.6. The number of aromatic nitrogens is 1. The zero-order valence-corrected chi connectivity index (χ0v) is 12.4. The monoisotopic (exact) mass is 292 g/mol. The number of aliphatic hydroxyl groups excluding tert-OH is 1. The molecule has 2 aromatic rings. The van der Waals surface area contributed by atoms with E-state index >= 15 is 0 Å². The molecule has 4 rings (SSSR count). The Labute approximate surface area is 128 Å². The van der Waals surface area contributed by atoms with Crippen molar-refractivity contribution in [3.05, 3.63) is 71.0 Å². The van der Waals surface area contributed by atoms with E-state index in [9.17, 15) is 5.11 Å². The largest absolute Gasteiger partial charge is 0.492 e. The number of aliphatic hydroxyl groups is 1. The van der Waals surface area contributed by atoms with Gasteiger partial charge in [-0.2, -0.15) is 0 Å². The number of hydrazine groups is 2. The van der Waals surface area contributed by atoms with Gasteiger partial charge in [0.1, 0.15) is 5.70 Å². The van der Waals surface area contributed by atoms with Crippen molar-refractivity contribution in [2.45, 2.75) is 13.8 Å². The number of pyridine rings is 1. The molecule has 2 N–H and O–H groups in total. The molecule has 0 bridgehead atoms. The zero-order valence-electron chi connectivity index (χ0n) is 12.4. The van der Waals surface area contributed by atoms with Gasteiger partial charge in [-0.15, -0.1) is 5.53 Å². The van der Waals surface area contributed by atoms with Gasteiger partial charge < -0.3 is 5.11 Å². The van der Waals surface area contributed by atoms with Gasteiger partial charge >= 0.3 is 0 Å². The topological polar surface area (TPSA) is 51.6 Å². The number of fused-ring (bicyclic) bond motifs is 3. The third kappa shape index (κ3) is 1.79. The van der Waals surface area contributed by atoms with Crippen molar-refractivity contribution in [2.24, 2.45) is 0 Å². The van der Waals surface area contributed by atoms with E-state index in [1.165, 1.54) is 0 Å². The summed E-state index contributed by atoms with van der Waals surface area (Å²) in [5.74, 6) is 0.175. The molecule has 22 heavy (non-hydrogen) atoms. The summed E-state index contributed by atoms with van der Waals surface area (Å²) in [7, 11) is 0. The summed E-state index contributed by atoms with van der Waals surface area (Å²) in [6.45, 7) is 3.93. The van der Waals surface area contributed by atoms with Crippen molar-refractivity contribution >= 4 is 17.5 Å². The fourth-order valence-electron chi connectivity index (χ4n) is 2.82. The van der Waals surface area contributed by atoms with Gasteiger partial charge in [-0.25, -0.2) is 5.01 Å². The number of para-hydroxylation sites is 1. The molecule has 5 nitrogen and oxygen atoms in total. The summed E-state index contributed by atoms with van der Waals surface area (Å²) >= 11 is 0. The van der Waals surface area contributed by atoms with Crippen LogP contribution >= 0.6 is 0 Å². The second-order valence-electron chi connectivity index (χ2n) is 5.49. The maximum Gasteiger partial charge on any atom is 0.234 e. The van der Waals surface area contributed by atoms with Crippen LogP contribution < -0.4 is 15.6 Å². The van der Waals surface area contributed by atoms with Crippen LogP contribution in [-0.4, -0.2) is 10.1 Å². The molecule has 1 aromatic carbocycles. The first-order valence-corrected chi connectivity index (χ1v) is 7.15. The number of aryl methyl sites for hydroxylation is 1. The molecule has 0 fully saturated rings. The van der Waals surface area contributed by atoms with Crippen LogP contribution in [0.4, 0.5) is 11.4 Å². The number of anilines is 2. The molecular formula is C17H16N4O. The van der Waals surface area contributed by atoms with Crippen molar-refractivity contribution in [2.75, 3.05) is 10.0 Å². The summed E-state index contributed by atoms with van der Waals surface area (Å²) in [5, 5.41) is 14.2. The predicted molar refractivity (Wildman–Crippen MR) is 86.8 cm³/mol. The molecular weight excluding hydrogens is 276 g/mol. The van der Waals surface area contributed by atoms with Crippen molar-refractivity contribution in [3.63, 3.8) is 0 Å². The second-order valence-corrected chi connectivity index (χ2v) is 5.49. The fourth-order valence-corrected chi connectivity index (χ4v) is 2.82. The number of nitrogens with one attached hydrogen (secondary N) is 1. The molecule has 1 aromatic heterocycles. The smallest absolute Gasteiger partial charge is 0.234 e. The zero-order chi connectivity index (χ0) is 15.3. The summed E-state index contributed by atoms with van der Waals surface area (Å²) in [5.41, 5.74) is 8.85. The van der Waals surface area contributed by atoms with E-state index in [1.54, 1.807) is 11.2 Å². The molecule has 2 aliphatic rings. The van der Waals surface area contributed by atoms with E-state index in [-0.39, 0.29) is 5.88 Å². The average Bonchev–Trinajstić information content (AvgIpc) is 2.87. The highest BCUT2D eigenvalue weighted by Gasteiger charge is 2.35. The van der Waals surface area contributed by atoms with E-state index in [2.05, 4.69) is 22.7 Å². The highest BCUT2D eigenvalue weighted by molar-refractivity contribution is 5.81. The lowest BCUT2D eigenvalue weighted by Crippen LogP contribution is -2.42. The minimum Gasteiger partial charge on any atom is -0.492 e. The van der Waals surface area contributed by atoms with Gasteiger partial charge in [0.15, 0.2) is 0 Å². The minimum atomic E-state index is 0.175. The minimum absolute atomic E-state index is 0.175. The third-order valence-electron chi connectivity index (χ3n) is 3.92. The van der Waals surface area contributed by atoms with Gasteiger partial charge in [-0.05, 0) is 43.7 Å². The first kappa shape index (κ1) is 12.9. The van der Waals surface area contributed by atoms with Crippen LogP contribution in [0.15, 0.2) is 59.7 Å². The van der Waals surface area contributed by atoms with Gasteiger partial charge in [0.05, 0.1) is 17.6 Å². The number of allylic oxidation sites excluding steroid dienone is 1. The molecule has 0 spiro atoms. The fraction of sp³-hybridized carbons (Fsp3) is 0.118. The number of benzene rings is 1. The SMILES string of the molecule is CC1=Cc2ccccc2N2NN(c3ccc(C)nc3)C(O)=C12. The van der Waals surface area contributed by atoms with E-state index in [0.29, 0.717) is 0 Å². The first-order chi connectivity index (χ1) is 10.6. The van der Waals surface area contributed by atoms with Crippen LogP contribution in [0.1, 0.15) is 18.2 Å². The number of hydrogen-bond donors (Lipinski definition) is 2. The van der Waals surface area contributed by atoms with Gasteiger partial charge in [0, 0.05) is 11.3 Å². The van der Waals surface area contributed by atoms with E-state index in [1.807, 2.05) is 49.2 Å². The van der Waals surface area contributed by atoms with Crippen molar-refractivity contribution < 1.29 is 5.11 Å².